The van der Waals surface area contributed by atoms with Crippen molar-refractivity contribution < 1.29 is 4.79 Å². The average Bonchev–Trinajstić information content (AvgIpc) is 3.11. The highest BCUT2D eigenvalue weighted by Gasteiger charge is 2.35. The van der Waals surface area contributed by atoms with Crippen LogP contribution in [0.1, 0.15) is 40.0 Å². The molecule has 1 aliphatic carbocycles. The summed E-state index contributed by atoms with van der Waals surface area (Å²) in [7, 11) is 0. The summed E-state index contributed by atoms with van der Waals surface area (Å²) in [6.45, 7) is 7.34. The number of hydrogen-bond donors (Lipinski definition) is 1. The number of carbonyl (C=O) groups is 1. The Kier molecular flexibility index (Phi) is 6.94. The Balaban J connectivity index is 1.84. The maximum Gasteiger partial charge on any atom is 0.228 e. The van der Waals surface area contributed by atoms with E-state index in [4.69, 9.17) is 5.53 Å². The average molecular weight is 395 g/mol. The molecule has 1 fully saturated rings. The fraction of sp³-hybridized carbons (Fsp3) is 0.545. The third kappa shape index (κ3) is 5.18. The normalized spacial score (nSPS) is 21.6. The van der Waals surface area contributed by atoms with Crippen molar-refractivity contribution in [1.29, 1.82) is 0 Å². The number of hydrogen-bond acceptors (Lipinski definition) is 3. The zero-order valence-corrected chi connectivity index (χ0v) is 17.5. The van der Waals surface area contributed by atoms with Gasteiger partial charge in [-0.3, -0.25) is 4.79 Å². The van der Waals surface area contributed by atoms with E-state index in [1.54, 1.807) is 4.68 Å². The lowest BCUT2D eigenvalue weighted by Crippen LogP contribution is -2.37. The molecule has 1 aromatic heterocycles. The van der Waals surface area contributed by atoms with E-state index in [0.717, 1.165) is 24.1 Å². The highest BCUT2D eigenvalue weighted by Crippen LogP contribution is 2.38. The van der Waals surface area contributed by atoms with Crippen LogP contribution in [-0.4, -0.2) is 22.2 Å². The number of nitrogens with zero attached hydrogens (tertiary/aromatic N) is 5. The molecule has 1 aromatic carbocycles. The van der Waals surface area contributed by atoms with Crippen LogP contribution in [0.5, 0.6) is 0 Å². The Morgan fingerprint density at radius 3 is 2.79 bits per heavy atom. The standard InChI is InChI=1S/C22H30N6O/c1-15(2)18-10-9-16(3)13-19(18)22(29)25-21-14-20(17-7-5-4-6-8-17)26-28(21)12-11-24-27-23/h4-8,14-16,18-19H,9-13H2,1-3H3,(H,25,29)/t16-,18+,19-/m1/s1. The van der Waals surface area contributed by atoms with Crippen LogP contribution in [0.15, 0.2) is 41.5 Å². The number of benzene rings is 1. The summed E-state index contributed by atoms with van der Waals surface area (Å²) >= 11 is 0. The van der Waals surface area contributed by atoms with Crippen molar-refractivity contribution in [3.63, 3.8) is 0 Å². The van der Waals surface area contributed by atoms with Crippen molar-refractivity contribution in [3.05, 3.63) is 46.8 Å². The summed E-state index contributed by atoms with van der Waals surface area (Å²) in [5, 5.41) is 11.4. The van der Waals surface area contributed by atoms with Crippen LogP contribution >= 0.6 is 0 Å². The molecule has 0 bridgehead atoms. The van der Waals surface area contributed by atoms with Gasteiger partial charge >= 0.3 is 0 Å². The predicted molar refractivity (Wildman–Crippen MR) is 115 cm³/mol. The van der Waals surface area contributed by atoms with Gasteiger partial charge in [0.05, 0.1) is 5.69 Å². The Bertz CT molecular complexity index is 869. The fourth-order valence-corrected chi connectivity index (χ4v) is 4.34. The van der Waals surface area contributed by atoms with E-state index in [1.807, 2.05) is 36.4 Å². The van der Waals surface area contributed by atoms with Gasteiger partial charge < -0.3 is 5.32 Å². The van der Waals surface area contributed by atoms with E-state index in [2.05, 4.69) is 41.2 Å². The van der Waals surface area contributed by atoms with Crippen molar-refractivity contribution in [2.75, 3.05) is 11.9 Å². The molecule has 0 aliphatic heterocycles. The van der Waals surface area contributed by atoms with Crippen LogP contribution in [-0.2, 0) is 11.3 Å². The second-order valence-electron chi connectivity index (χ2n) is 8.38. The minimum atomic E-state index is 0.0133. The molecule has 0 unspecified atom stereocenters. The lowest BCUT2D eigenvalue weighted by molar-refractivity contribution is -0.124. The van der Waals surface area contributed by atoms with Gasteiger partial charge in [-0.1, -0.05) is 62.6 Å². The second-order valence-corrected chi connectivity index (χ2v) is 8.38. The van der Waals surface area contributed by atoms with Crippen LogP contribution in [0.25, 0.3) is 21.7 Å². The van der Waals surface area contributed by atoms with Crippen LogP contribution in [0, 0.1) is 23.7 Å². The van der Waals surface area contributed by atoms with E-state index in [-0.39, 0.29) is 18.4 Å². The summed E-state index contributed by atoms with van der Waals surface area (Å²) in [4.78, 5) is 16.0. The third-order valence-corrected chi connectivity index (χ3v) is 5.93. The number of azide groups is 1. The third-order valence-electron chi connectivity index (χ3n) is 5.93. The van der Waals surface area contributed by atoms with E-state index in [0.29, 0.717) is 30.1 Å². The highest BCUT2D eigenvalue weighted by atomic mass is 16.2. The van der Waals surface area contributed by atoms with E-state index in [9.17, 15) is 4.79 Å². The van der Waals surface area contributed by atoms with Crippen molar-refractivity contribution in [2.24, 2.45) is 28.8 Å². The second kappa shape index (κ2) is 9.61. The van der Waals surface area contributed by atoms with Crippen LogP contribution in [0.3, 0.4) is 0 Å². The monoisotopic (exact) mass is 394 g/mol. The molecule has 7 heteroatoms. The smallest absolute Gasteiger partial charge is 0.228 e. The van der Waals surface area contributed by atoms with E-state index < -0.39 is 0 Å². The number of amides is 1. The predicted octanol–water partition coefficient (Wildman–Crippen LogP) is 5.51. The van der Waals surface area contributed by atoms with Gasteiger partial charge in [0.1, 0.15) is 5.82 Å². The molecule has 0 spiro atoms. The van der Waals surface area contributed by atoms with Crippen LogP contribution < -0.4 is 5.32 Å². The molecule has 1 N–H and O–H groups in total. The Morgan fingerprint density at radius 2 is 2.10 bits per heavy atom. The Morgan fingerprint density at radius 1 is 1.34 bits per heavy atom. The lowest BCUT2D eigenvalue weighted by atomic mass is 9.70. The minimum Gasteiger partial charge on any atom is -0.311 e. The number of rotatable bonds is 7. The lowest BCUT2D eigenvalue weighted by Gasteiger charge is -2.36. The number of nitrogens with one attached hydrogen (secondary N) is 1. The summed E-state index contributed by atoms with van der Waals surface area (Å²) < 4.78 is 1.73. The first kappa shape index (κ1) is 20.9. The molecule has 0 saturated heterocycles. The molecule has 1 heterocycles. The topological polar surface area (TPSA) is 95.7 Å². The van der Waals surface area contributed by atoms with Gasteiger partial charge in [0, 0.05) is 35.5 Å². The number of aromatic nitrogens is 2. The van der Waals surface area contributed by atoms with Gasteiger partial charge in [0.15, 0.2) is 0 Å². The molecule has 7 nitrogen and oxygen atoms in total. The molecular weight excluding hydrogens is 364 g/mol. The molecule has 154 valence electrons. The van der Waals surface area contributed by atoms with Crippen molar-refractivity contribution in [1.82, 2.24) is 9.78 Å². The maximum absolute atomic E-state index is 13.2. The highest BCUT2D eigenvalue weighted by molar-refractivity contribution is 5.92. The first-order chi connectivity index (χ1) is 14.0. The molecule has 1 saturated carbocycles. The van der Waals surface area contributed by atoms with Crippen LogP contribution in [0.2, 0.25) is 0 Å². The Hall–Kier alpha value is -2.79. The molecular formula is C22H30N6O. The first-order valence-corrected chi connectivity index (χ1v) is 10.4. The maximum atomic E-state index is 13.2. The molecule has 29 heavy (non-hydrogen) atoms. The van der Waals surface area contributed by atoms with Gasteiger partial charge in [-0.2, -0.15) is 5.10 Å². The van der Waals surface area contributed by atoms with Gasteiger partial charge in [0.25, 0.3) is 0 Å². The van der Waals surface area contributed by atoms with Gasteiger partial charge in [-0.15, -0.1) is 0 Å². The molecule has 1 amide bonds. The summed E-state index contributed by atoms with van der Waals surface area (Å²) in [6.07, 6.45) is 3.21. The zero-order valence-electron chi connectivity index (χ0n) is 17.5. The number of anilines is 1. The van der Waals surface area contributed by atoms with Gasteiger partial charge in [0.2, 0.25) is 5.91 Å². The van der Waals surface area contributed by atoms with E-state index >= 15 is 0 Å². The minimum absolute atomic E-state index is 0.0133. The fourth-order valence-electron chi connectivity index (χ4n) is 4.34. The molecule has 3 rings (SSSR count). The molecule has 1 aliphatic rings. The van der Waals surface area contributed by atoms with Crippen molar-refractivity contribution in [2.45, 2.75) is 46.6 Å². The van der Waals surface area contributed by atoms with Crippen LogP contribution in [0.4, 0.5) is 5.82 Å². The SMILES string of the molecule is CC(C)[C@@H]1CC[C@@H](C)C[C@H]1C(=O)Nc1cc(-c2ccccc2)nn1CCN=[N+]=[N-]. The van der Waals surface area contributed by atoms with Crippen molar-refractivity contribution in [3.8, 4) is 11.3 Å². The van der Waals surface area contributed by atoms with Gasteiger partial charge in [-0.25, -0.2) is 4.68 Å². The largest absolute Gasteiger partial charge is 0.311 e. The summed E-state index contributed by atoms with van der Waals surface area (Å²) in [5.74, 6) is 2.18. The first-order valence-electron chi connectivity index (χ1n) is 10.4. The molecule has 2 aromatic rings. The summed E-state index contributed by atoms with van der Waals surface area (Å²) in [5.41, 5.74) is 10.4. The quantitative estimate of drug-likeness (QED) is 0.381. The molecule has 0 radical (unpaired) electrons. The van der Waals surface area contributed by atoms with E-state index in [1.165, 1.54) is 6.42 Å². The Labute approximate surface area is 172 Å². The van der Waals surface area contributed by atoms with Gasteiger partial charge in [-0.05, 0) is 36.1 Å². The van der Waals surface area contributed by atoms with Crippen molar-refractivity contribution >= 4 is 11.7 Å². The zero-order chi connectivity index (χ0) is 20.8. The molecule has 3 atom stereocenters. The summed E-state index contributed by atoms with van der Waals surface area (Å²) in [6, 6.07) is 11.8. The number of carbonyl (C=O) groups excluding carboxylic acids is 1.